The molecule has 2 heteroatoms. The van der Waals surface area contributed by atoms with Gasteiger partial charge in [-0.05, 0) is 36.0 Å². The van der Waals surface area contributed by atoms with Gasteiger partial charge in [-0.2, -0.15) is 0 Å². The first kappa shape index (κ1) is 31.5. The second-order valence-corrected chi connectivity index (χ2v) is 11.8. The third kappa shape index (κ3) is 19.0. The van der Waals surface area contributed by atoms with Gasteiger partial charge in [0.1, 0.15) is 0 Å². The van der Waals surface area contributed by atoms with Crippen molar-refractivity contribution in [2.24, 2.45) is 35.5 Å². The van der Waals surface area contributed by atoms with Crippen LogP contribution < -0.4 is 0 Å². The Kier molecular flexibility index (Phi) is 19.6. The number of hydrogen-bond donors (Lipinski definition) is 1. The third-order valence-corrected chi connectivity index (χ3v) is 8.03. The quantitative estimate of drug-likeness (QED) is 0.177. The van der Waals surface area contributed by atoms with Gasteiger partial charge in [0.2, 0.25) is 0 Å². The number of carboxylic acids is 1. The largest absolute Gasteiger partial charge is 0.481 e. The summed E-state index contributed by atoms with van der Waals surface area (Å²) in [6.07, 6.45) is 21.1. The van der Waals surface area contributed by atoms with Crippen LogP contribution in [-0.2, 0) is 4.79 Å². The highest BCUT2D eigenvalue weighted by atomic mass is 16.4. The lowest BCUT2D eigenvalue weighted by atomic mass is 9.89. The van der Waals surface area contributed by atoms with E-state index in [4.69, 9.17) is 5.11 Å². The van der Waals surface area contributed by atoms with Gasteiger partial charge in [-0.25, -0.2) is 0 Å². The molecule has 0 aromatic heterocycles. The van der Waals surface area contributed by atoms with Gasteiger partial charge in [0.05, 0.1) is 5.92 Å². The SMILES string of the molecule is CCC(C)CCCC(C)CCCC(C)CCCC(C)CCCC(C)CCCC(C)C(=O)O. The summed E-state index contributed by atoms with van der Waals surface area (Å²) in [7, 11) is 0. The Morgan fingerprint density at radius 2 is 0.750 bits per heavy atom. The van der Waals surface area contributed by atoms with Crippen LogP contribution >= 0.6 is 0 Å². The fraction of sp³-hybridized carbons (Fsp3) is 0.967. The van der Waals surface area contributed by atoms with Crippen LogP contribution in [0.2, 0.25) is 0 Å². The lowest BCUT2D eigenvalue weighted by Crippen LogP contribution is -2.09. The number of rotatable bonds is 22. The zero-order valence-electron chi connectivity index (χ0n) is 23.1. The van der Waals surface area contributed by atoms with E-state index in [1.165, 1.54) is 89.9 Å². The summed E-state index contributed by atoms with van der Waals surface area (Å²) in [6.45, 7) is 16.2. The standard InChI is InChI=1S/C30H60O2/c1-8-24(2)14-9-15-25(3)16-10-17-26(4)18-11-19-27(5)20-12-21-28(6)22-13-23-29(7)30(31)32/h24-29H,8-23H2,1-7H3,(H,31,32). The molecule has 0 amide bonds. The molecule has 0 aliphatic carbocycles. The van der Waals surface area contributed by atoms with Crippen molar-refractivity contribution in [3.05, 3.63) is 0 Å². The smallest absolute Gasteiger partial charge is 0.306 e. The van der Waals surface area contributed by atoms with Gasteiger partial charge >= 0.3 is 5.97 Å². The predicted molar refractivity (Wildman–Crippen MR) is 142 cm³/mol. The number of hydrogen-bond acceptors (Lipinski definition) is 1. The molecule has 0 rings (SSSR count). The maximum atomic E-state index is 10.9. The summed E-state index contributed by atoms with van der Waals surface area (Å²) in [4.78, 5) is 10.9. The molecule has 0 bridgehead atoms. The van der Waals surface area contributed by atoms with E-state index in [0.717, 1.165) is 42.4 Å². The molecule has 192 valence electrons. The Hall–Kier alpha value is -0.530. The van der Waals surface area contributed by atoms with Crippen LogP contribution in [0, 0.1) is 35.5 Å². The van der Waals surface area contributed by atoms with Gasteiger partial charge in [0.25, 0.3) is 0 Å². The van der Waals surface area contributed by atoms with Crippen LogP contribution in [0.3, 0.4) is 0 Å². The van der Waals surface area contributed by atoms with Gasteiger partial charge in [-0.15, -0.1) is 0 Å². The minimum atomic E-state index is -0.650. The van der Waals surface area contributed by atoms with E-state index in [1.54, 1.807) is 0 Å². The topological polar surface area (TPSA) is 37.3 Å². The van der Waals surface area contributed by atoms with Gasteiger partial charge in [-0.3, -0.25) is 4.79 Å². The summed E-state index contributed by atoms with van der Waals surface area (Å²) in [5.41, 5.74) is 0. The van der Waals surface area contributed by atoms with E-state index in [1.807, 2.05) is 6.92 Å². The molecular formula is C30H60O2. The van der Waals surface area contributed by atoms with Crippen molar-refractivity contribution in [1.29, 1.82) is 0 Å². The Morgan fingerprint density at radius 3 is 1.00 bits per heavy atom. The molecule has 6 atom stereocenters. The van der Waals surface area contributed by atoms with Crippen molar-refractivity contribution in [3.8, 4) is 0 Å². The van der Waals surface area contributed by atoms with E-state index in [2.05, 4.69) is 41.5 Å². The molecule has 6 unspecified atom stereocenters. The fourth-order valence-electron chi connectivity index (χ4n) is 4.94. The Labute approximate surface area is 202 Å². The van der Waals surface area contributed by atoms with Crippen molar-refractivity contribution in [3.63, 3.8) is 0 Å². The summed E-state index contributed by atoms with van der Waals surface area (Å²) in [5, 5.41) is 8.97. The first-order valence-electron chi connectivity index (χ1n) is 14.4. The molecule has 1 N–H and O–H groups in total. The van der Waals surface area contributed by atoms with E-state index in [9.17, 15) is 4.79 Å². The van der Waals surface area contributed by atoms with E-state index in [0.29, 0.717) is 0 Å². The molecule has 0 aliphatic heterocycles. The minimum absolute atomic E-state index is 0.188. The van der Waals surface area contributed by atoms with Crippen LogP contribution in [0.1, 0.15) is 151 Å². The fourth-order valence-corrected chi connectivity index (χ4v) is 4.94. The average molecular weight is 453 g/mol. The third-order valence-electron chi connectivity index (χ3n) is 8.03. The Bertz CT molecular complexity index is 433. The minimum Gasteiger partial charge on any atom is -0.481 e. The highest BCUT2D eigenvalue weighted by molar-refractivity contribution is 5.69. The molecule has 0 saturated carbocycles. The Balaban J connectivity index is 3.64. The molecule has 0 radical (unpaired) electrons. The van der Waals surface area contributed by atoms with Crippen molar-refractivity contribution in [2.75, 3.05) is 0 Å². The molecule has 0 spiro atoms. The van der Waals surface area contributed by atoms with Gasteiger partial charge in [0.15, 0.2) is 0 Å². The number of aliphatic carboxylic acids is 1. The highest BCUT2D eigenvalue weighted by Crippen LogP contribution is 2.25. The van der Waals surface area contributed by atoms with E-state index >= 15 is 0 Å². The zero-order chi connectivity index (χ0) is 24.4. The summed E-state index contributed by atoms with van der Waals surface area (Å²) < 4.78 is 0. The molecule has 32 heavy (non-hydrogen) atoms. The highest BCUT2D eigenvalue weighted by Gasteiger charge is 2.12. The normalized spacial score (nSPS) is 17.5. The first-order chi connectivity index (χ1) is 15.1. The van der Waals surface area contributed by atoms with Crippen molar-refractivity contribution in [1.82, 2.24) is 0 Å². The molecular weight excluding hydrogens is 392 g/mol. The van der Waals surface area contributed by atoms with Crippen LogP contribution in [0.4, 0.5) is 0 Å². The molecule has 0 heterocycles. The molecule has 0 saturated heterocycles. The summed E-state index contributed by atoms with van der Waals surface area (Å²) in [6, 6.07) is 0. The van der Waals surface area contributed by atoms with Crippen molar-refractivity contribution < 1.29 is 9.90 Å². The van der Waals surface area contributed by atoms with Crippen molar-refractivity contribution >= 4 is 5.97 Å². The van der Waals surface area contributed by atoms with Gasteiger partial charge in [0, 0.05) is 0 Å². The lowest BCUT2D eigenvalue weighted by Gasteiger charge is -2.17. The van der Waals surface area contributed by atoms with Crippen LogP contribution in [0.25, 0.3) is 0 Å². The van der Waals surface area contributed by atoms with Crippen LogP contribution in [0.15, 0.2) is 0 Å². The molecule has 0 aromatic carbocycles. The predicted octanol–water partition coefficient (Wildman–Crippen LogP) is 10.1. The second kappa shape index (κ2) is 19.9. The average Bonchev–Trinajstić information content (AvgIpc) is 2.73. The summed E-state index contributed by atoms with van der Waals surface area (Å²) >= 11 is 0. The molecule has 0 fully saturated rings. The zero-order valence-corrected chi connectivity index (χ0v) is 23.1. The van der Waals surface area contributed by atoms with Crippen LogP contribution in [0.5, 0.6) is 0 Å². The molecule has 0 aliphatic rings. The van der Waals surface area contributed by atoms with E-state index in [-0.39, 0.29) is 5.92 Å². The first-order valence-corrected chi connectivity index (χ1v) is 14.4. The van der Waals surface area contributed by atoms with Gasteiger partial charge < -0.3 is 5.11 Å². The van der Waals surface area contributed by atoms with E-state index < -0.39 is 5.97 Å². The number of carboxylic acid groups (broad SMARTS) is 1. The monoisotopic (exact) mass is 452 g/mol. The lowest BCUT2D eigenvalue weighted by molar-refractivity contribution is -0.141. The van der Waals surface area contributed by atoms with Crippen molar-refractivity contribution in [2.45, 2.75) is 151 Å². The molecule has 2 nitrogen and oxygen atoms in total. The van der Waals surface area contributed by atoms with Gasteiger partial charge in [-0.1, -0.05) is 145 Å². The molecule has 0 aromatic rings. The van der Waals surface area contributed by atoms with Crippen LogP contribution in [-0.4, -0.2) is 11.1 Å². The second-order valence-electron chi connectivity index (χ2n) is 11.8. The number of carbonyl (C=O) groups is 1. The maximum Gasteiger partial charge on any atom is 0.306 e. The summed E-state index contributed by atoms with van der Waals surface area (Å²) in [5.74, 6) is 3.47. The Morgan fingerprint density at radius 1 is 0.500 bits per heavy atom. The maximum absolute atomic E-state index is 10.9.